The van der Waals surface area contributed by atoms with Gasteiger partial charge in [-0.1, -0.05) is 0 Å². The second-order valence-corrected chi connectivity index (χ2v) is 4.34. The summed E-state index contributed by atoms with van der Waals surface area (Å²) in [6.45, 7) is 5.90. The average molecular weight is 289 g/mol. The predicted octanol–water partition coefficient (Wildman–Crippen LogP) is 0.947. The number of hydrogen-bond acceptors (Lipinski definition) is 7. The van der Waals surface area contributed by atoms with Crippen molar-refractivity contribution in [3.8, 4) is 0 Å². The van der Waals surface area contributed by atoms with E-state index >= 15 is 0 Å². The van der Waals surface area contributed by atoms with Crippen LogP contribution in [-0.2, 0) is 4.74 Å². The van der Waals surface area contributed by atoms with E-state index in [0.29, 0.717) is 11.9 Å². The first-order valence-corrected chi connectivity index (χ1v) is 6.60. The molecular weight excluding hydrogens is 268 g/mol. The lowest BCUT2D eigenvalue weighted by molar-refractivity contribution is 0.163. The smallest absolute Gasteiger partial charge is 0.228 e. The van der Waals surface area contributed by atoms with Crippen molar-refractivity contribution in [3.63, 3.8) is 0 Å². The van der Waals surface area contributed by atoms with Crippen LogP contribution in [0.25, 0.3) is 0 Å². The Labute approximate surface area is 118 Å². The Hall–Kier alpha value is -1.18. The van der Waals surface area contributed by atoms with Gasteiger partial charge in [-0.15, -0.1) is 0 Å². The molecule has 0 atom stereocenters. The zero-order valence-electron chi connectivity index (χ0n) is 11.6. The Morgan fingerprint density at radius 1 is 1.16 bits per heavy atom. The van der Waals surface area contributed by atoms with Crippen molar-refractivity contribution in [1.82, 2.24) is 19.9 Å². The van der Waals surface area contributed by atoms with E-state index < -0.39 is 0 Å². The highest BCUT2D eigenvalue weighted by atomic mass is 35.5. The Bertz CT molecular complexity index is 378. The lowest BCUT2D eigenvalue weighted by atomic mass is 10.5. The number of ether oxygens (including phenoxy) is 1. The zero-order valence-corrected chi connectivity index (χ0v) is 12.4. The normalized spacial score (nSPS) is 10.8. The van der Waals surface area contributed by atoms with Gasteiger partial charge in [0.15, 0.2) is 0 Å². The van der Waals surface area contributed by atoms with Gasteiger partial charge in [0.1, 0.15) is 0 Å². The Morgan fingerprint density at radius 3 is 2.47 bits per heavy atom. The van der Waals surface area contributed by atoms with E-state index in [-0.39, 0.29) is 5.28 Å². The first-order valence-electron chi connectivity index (χ1n) is 6.22. The van der Waals surface area contributed by atoms with Gasteiger partial charge < -0.3 is 20.3 Å². The molecule has 1 heterocycles. The molecule has 19 heavy (non-hydrogen) atoms. The molecule has 108 valence electrons. The van der Waals surface area contributed by atoms with Gasteiger partial charge in [0.05, 0.1) is 6.61 Å². The van der Waals surface area contributed by atoms with Gasteiger partial charge in [-0.25, -0.2) is 0 Å². The summed E-state index contributed by atoms with van der Waals surface area (Å²) in [5.41, 5.74) is 0. The van der Waals surface area contributed by atoms with Crippen molar-refractivity contribution in [1.29, 1.82) is 0 Å². The first kappa shape index (κ1) is 15.9. The molecular formula is C11H21ClN6O. The SMILES string of the molecule is CCNc1nc(Cl)nc(NCCN(C)CCOC)n1. The molecule has 0 unspecified atom stereocenters. The minimum Gasteiger partial charge on any atom is -0.383 e. The van der Waals surface area contributed by atoms with Crippen molar-refractivity contribution in [3.05, 3.63) is 5.28 Å². The van der Waals surface area contributed by atoms with Crippen LogP contribution in [0.15, 0.2) is 0 Å². The van der Waals surface area contributed by atoms with E-state index in [9.17, 15) is 0 Å². The van der Waals surface area contributed by atoms with Crippen molar-refractivity contribution in [2.24, 2.45) is 0 Å². The third-order valence-electron chi connectivity index (χ3n) is 2.40. The van der Waals surface area contributed by atoms with Gasteiger partial charge in [0.25, 0.3) is 0 Å². The van der Waals surface area contributed by atoms with Crippen molar-refractivity contribution >= 4 is 23.5 Å². The number of nitrogens with zero attached hydrogens (tertiary/aromatic N) is 4. The van der Waals surface area contributed by atoms with Gasteiger partial charge >= 0.3 is 0 Å². The summed E-state index contributed by atoms with van der Waals surface area (Å²) in [5.74, 6) is 0.967. The lowest BCUT2D eigenvalue weighted by Gasteiger charge is -2.16. The molecule has 0 saturated carbocycles. The molecule has 1 aromatic rings. The molecule has 0 aliphatic carbocycles. The van der Waals surface area contributed by atoms with Gasteiger partial charge in [-0.2, -0.15) is 15.0 Å². The standard InChI is InChI=1S/C11H21ClN6O/c1-4-13-10-15-9(12)16-11(17-10)14-5-6-18(2)7-8-19-3/h4-8H2,1-3H3,(H2,13,14,15,16,17). The largest absolute Gasteiger partial charge is 0.383 e. The fraction of sp³-hybridized carbons (Fsp3) is 0.727. The summed E-state index contributed by atoms with van der Waals surface area (Å²) in [4.78, 5) is 14.4. The number of nitrogens with one attached hydrogen (secondary N) is 2. The quantitative estimate of drug-likeness (QED) is 0.700. The summed E-state index contributed by atoms with van der Waals surface area (Å²) in [7, 11) is 3.73. The van der Waals surface area contributed by atoms with Crippen LogP contribution >= 0.6 is 11.6 Å². The van der Waals surface area contributed by atoms with Crippen LogP contribution in [0.5, 0.6) is 0 Å². The van der Waals surface area contributed by atoms with Crippen LogP contribution in [0.4, 0.5) is 11.9 Å². The third-order valence-corrected chi connectivity index (χ3v) is 2.57. The maximum Gasteiger partial charge on any atom is 0.228 e. The van der Waals surface area contributed by atoms with E-state index in [1.54, 1.807) is 7.11 Å². The van der Waals surface area contributed by atoms with Crippen molar-refractivity contribution in [2.45, 2.75) is 6.92 Å². The molecule has 8 heteroatoms. The summed E-state index contributed by atoms with van der Waals surface area (Å²) < 4.78 is 5.01. The monoisotopic (exact) mass is 288 g/mol. The Morgan fingerprint density at radius 2 is 1.84 bits per heavy atom. The average Bonchev–Trinajstić information content (AvgIpc) is 2.36. The lowest BCUT2D eigenvalue weighted by Crippen LogP contribution is -2.28. The molecule has 0 bridgehead atoms. The number of anilines is 2. The second kappa shape index (κ2) is 8.84. The van der Waals surface area contributed by atoms with Gasteiger partial charge in [-0.05, 0) is 25.6 Å². The topological polar surface area (TPSA) is 75.2 Å². The molecule has 0 radical (unpaired) electrons. The number of hydrogen-bond donors (Lipinski definition) is 2. The molecule has 2 N–H and O–H groups in total. The van der Waals surface area contributed by atoms with Crippen LogP contribution < -0.4 is 10.6 Å². The molecule has 0 aromatic carbocycles. The summed E-state index contributed by atoms with van der Waals surface area (Å²) in [5, 5.41) is 6.31. The second-order valence-electron chi connectivity index (χ2n) is 4.00. The maximum absolute atomic E-state index is 5.83. The van der Waals surface area contributed by atoms with Crippen LogP contribution in [-0.4, -0.2) is 66.8 Å². The van der Waals surface area contributed by atoms with E-state index in [1.165, 1.54) is 0 Å². The van der Waals surface area contributed by atoms with E-state index in [0.717, 1.165) is 32.8 Å². The third kappa shape index (κ3) is 6.51. The molecule has 0 spiro atoms. The van der Waals surface area contributed by atoms with E-state index in [4.69, 9.17) is 16.3 Å². The fourth-order valence-corrected chi connectivity index (χ4v) is 1.54. The molecule has 0 fully saturated rings. The van der Waals surface area contributed by atoms with E-state index in [2.05, 4.69) is 30.5 Å². The minimum atomic E-state index is 0.182. The van der Waals surface area contributed by atoms with Crippen LogP contribution in [0.2, 0.25) is 5.28 Å². The molecule has 1 rings (SSSR count). The minimum absolute atomic E-state index is 0.182. The molecule has 0 amide bonds. The highest BCUT2D eigenvalue weighted by molar-refractivity contribution is 6.28. The highest BCUT2D eigenvalue weighted by Crippen LogP contribution is 2.08. The van der Waals surface area contributed by atoms with Gasteiger partial charge in [-0.3, -0.25) is 0 Å². The predicted molar refractivity (Wildman–Crippen MR) is 76.9 cm³/mol. The molecule has 7 nitrogen and oxygen atoms in total. The number of halogens is 1. The van der Waals surface area contributed by atoms with Gasteiger partial charge in [0, 0.05) is 33.3 Å². The summed E-state index contributed by atoms with van der Waals surface area (Å²) in [6.07, 6.45) is 0. The highest BCUT2D eigenvalue weighted by Gasteiger charge is 2.04. The van der Waals surface area contributed by atoms with Crippen LogP contribution in [0, 0.1) is 0 Å². The molecule has 0 saturated heterocycles. The first-order chi connectivity index (χ1) is 9.15. The Balaban J connectivity index is 2.40. The van der Waals surface area contributed by atoms with Crippen molar-refractivity contribution in [2.75, 3.05) is 57.6 Å². The molecule has 1 aromatic heterocycles. The maximum atomic E-state index is 5.83. The summed E-state index contributed by atoms with van der Waals surface area (Å²) >= 11 is 5.83. The van der Waals surface area contributed by atoms with E-state index in [1.807, 2.05) is 14.0 Å². The number of aromatic nitrogens is 3. The van der Waals surface area contributed by atoms with Gasteiger partial charge in [0.2, 0.25) is 17.2 Å². The number of rotatable bonds is 9. The fourth-order valence-electron chi connectivity index (χ4n) is 1.38. The number of methoxy groups -OCH3 is 1. The summed E-state index contributed by atoms with van der Waals surface area (Å²) in [6, 6.07) is 0. The van der Waals surface area contributed by atoms with Crippen LogP contribution in [0.3, 0.4) is 0 Å². The zero-order chi connectivity index (χ0) is 14.1. The molecule has 0 aliphatic heterocycles. The van der Waals surface area contributed by atoms with Crippen LogP contribution in [0.1, 0.15) is 6.92 Å². The Kier molecular flexibility index (Phi) is 7.39. The number of likely N-dealkylation sites (N-methyl/N-ethyl adjacent to an activating group) is 1. The molecule has 0 aliphatic rings. The van der Waals surface area contributed by atoms with Crippen molar-refractivity contribution < 1.29 is 4.74 Å².